The van der Waals surface area contributed by atoms with Crippen LogP contribution in [0.25, 0.3) is 6.08 Å². The molecule has 0 N–H and O–H groups in total. The molecule has 0 fully saturated rings. The number of rotatable bonds is 5. The number of ketones is 1. The fourth-order valence-electron chi connectivity index (χ4n) is 1.73. The summed E-state index contributed by atoms with van der Waals surface area (Å²) in [6.07, 6.45) is 3.00. The molecule has 0 bridgehead atoms. The van der Waals surface area contributed by atoms with E-state index < -0.39 is 6.61 Å². The van der Waals surface area contributed by atoms with Gasteiger partial charge in [0.2, 0.25) is 0 Å². The van der Waals surface area contributed by atoms with E-state index in [2.05, 4.69) is 9.84 Å². The zero-order chi connectivity index (χ0) is 15.4. The fourth-order valence-corrected chi connectivity index (χ4v) is 1.73. The van der Waals surface area contributed by atoms with Crippen molar-refractivity contribution in [1.29, 1.82) is 0 Å². The third kappa shape index (κ3) is 3.98. The van der Waals surface area contributed by atoms with E-state index in [1.807, 2.05) is 20.0 Å². The largest absolute Gasteiger partial charge is 0.435 e. The van der Waals surface area contributed by atoms with Gasteiger partial charge in [0.05, 0.1) is 5.69 Å². The Morgan fingerprint density at radius 2 is 2.00 bits per heavy atom. The summed E-state index contributed by atoms with van der Waals surface area (Å²) >= 11 is 0. The first-order chi connectivity index (χ1) is 9.95. The number of allylic oxidation sites excluding steroid dienone is 1. The van der Waals surface area contributed by atoms with E-state index in [-0.39, 0.29) is 11.5 Å². The minimum absolute atomic E-state index is 0.0193. The summed E-state index contributed by atoms with van der Waals surface area (Å²) in [6, 6.07) is 7.39. The van der Waals surface area contributed by atoms with Crippen molar-refractivity contribution in [3.05, 3.63) is 53.4 Å². The lowest BCUT2D eigenvalue weighted by atomic mass is 10.1. The van der Waals surface area contributed by atoms with Crippen LogP contribution in [0.2, 0.25) is 0 Å². The highest BCUT2D eigenvalue weighted by atomic mass is 19.3. The maximum absolute atomic E-state index is 12.0. The lowest BCUT2D eigenvalue weighted by Gasteiger charge is -2.04. The van der Waals surface area contributed by atoms with Crippen LogP contribution in [0.1, 0.15) is 21.7 Å². The summed E-state index contributed by atoms with van der Waals surface area (Å²) in [7, 11) is 1.82. The van der Waals surface area contributed by atoms with E-state index in [9.17, 15) is 13.6 Å². The molecule has 0 atom stereocenters. The van der Waals surface area contributed by atoms with Gasteiger partial charge in [-0.15, -0.1) is 0 Å². The molecule has 2 rings (SSSR count). The van der Waals surface area contributed by atoms with Gasteiger partial charge in [0.1, 0.15) is 5.75 Å². The Bertz CT molecular complexity index is 641. The summed E-state index contributed by atoms with van der Waals surface area (Å²) in [5.74, 6) is -0.215. The molecule has 0 aliphatic rings. The first-order valence-corrected chi connectivity index (χ1v) is 6.23. The Balaban J connectivity index is 2.06. The Morgan fingerprint density at radius 1 is 1.33 bits per heavy atom. The molecule has 21 heavy (non-hydrogen) atoms. The topological polar surface area (TPSA) is 44.1 Å². The SMILES string of the molecule is Cc1cc(/C=C/C(=O)c2ccc(OC(F)F)cc2)nn1C. The number of hydrogen-bond acceptors (Lipinski definition) is 3. The van der Waals surface area contributed by atoms with E-state index in [1.54, 1.807) is 10.8 Å². The number of hydrogen-bond donors (Lipinski definition) is 0. The van der Waals surface area contributed by atoms with E-state index in [0.717, 1.165) is 5.69 Å². The van der Waals surface area contributed by atoms with Gasteiger partial charge in [-0.1, -0.05) is 0 Å². The molecule has 0 radical (unpaired) electrons. The molecule has 0 aliphatic carbocycles. The fraction of sp³-hybridized carbons (Fsp3) is 0.200. The van der Waals surface area contributed by atoms with Gasteiger partial charge in [-0.25, -0.2) is 0 Å². The predicted octanol–water partition coefficient (Wildman–Crippen LogP) is 3.23. The van der Waals surface area contributed by atoms with Crippen LogP contribution < -0.4 is 4.74 Å². The van der Waals surface area contributed by atoms with Crippen LogP contribution in [0.15, 0.2) is 36.4 Å². The first kappa shape index (κ1) is 14.9. The third-order valence-electron chi connectivity index (χ3n) is 2.90. The number of carbonyl (C=O) groups excluding carboxylic acids is 1. The second-order valence-electron chi connectivity index (χ2n) is 4.43. The summed E-state index contributed by atoms with van der Waals surface area (Å²) in [5.41, 5.74) is 2.05. The van der Waals surface area contributed by atoms with E-state index in [0.29, 0.717) is 11.3 Å². The molecule has 1 aromatic heterocycles. The number of benzene rings is 1. The quantitative estimate of drug-likeness (QED) is 0.628. The molecule has 2 aromatic rings. The van der Waals surface area contributed by atoms with Crippen molar-refractivity contribution in [3.8, 4) is 5.75 Å². The molecule has 6 heteroatoms. The van der Waals surface area contributed by atoms with Crippen LogP contribution in [0.4, 0.5) is 8.78 Å². The van der Waals surface area contributed by atoms with Crippen LogP contribution >= 0.6 is 0 Å². The van der Waals surface area contributed by atoms with Crippen molar-refractivity contribution in [3.63, 3.8) is 0 Å². The Kier molecular flexibility index (Phi) is 4.47. The van der Waals surface area contributed by atoms with Gasteiger partial charge in [-0.05, 0) is 49.4 Å². The highest BCUT2D eigenvalue weighted by Gasteiger charge is 2.06. The minimum atomic E-state index is -2.88. The number of aromatic nitrogens is 2. The first-order valence-electron chi connectivity index (χ1n) is 6.23. The molecule has 0 spiro atoms. The lowest BCUT2D eigenvalue weighted by molar-refractivity contribution is -0.0498. The van der Waals surface area contributed by atoms with E-state index in [1.165, 1.54) is 30.3 Å². The van der Waals surface area contributed by atoms with Crippen LogP contribution in [0.5, 0.6) is 5.75 Å². The maximum atomic E-state index is 12.0. The average Bonchev–Trinajstić information content (AvgIpc) is 2.75. The number of carbonyl (C=O) groups is 1. The summed E-state index contributed by atoms with van der Waals surface area (Å²) < 4.78 is 30.0. The second kappa shape index (κ2) is 6.30. The molecule has 4 nitrogen and oxygen atoms in total. The van der Waals surface area contributed by atoms with Crippen LogP contribution in [0.3, 0.4) is 0 Å². The molecule has 1 aromatic carbocycles. The van der Waals surface area contributed by atoms with Crippen LogP contribution in [0, 0.1) is 6.92 Å². The molecule has 110 valence electrons. The molecule has 1 heterocycles. The second-order valence-corrected chi connectivity index (χ2v) is 4.43. The molecular weight excluding hydrogens is 278 g/mol. The number of alkyl halides is 2. The van der Waals surface area contributed by atoms with Crippen LogP contribution in [-0.4, -0.2) is 22.2 Å². The molecule has 0 amide bonds. The number of nitrogens with zero attached hydrogens (tertiary/aromatic N) is 2. The minimum Gasteiger partial charge on any atom is -0.435 e. The van der Waals surface area contributed by atoms with Gasteiger partial charge in [0.25, 0.3) is 0 Å². The van der Waals surface area contributed by atoms with Crippen molar-refractivity contribution in [2.75, 3.05) is 0 Å². The van der Waals surface area contributed by atoms with Crippen molar-refractivity contribution in [2.45, 2.75) is 13.5 Å². The van der Waals surface area contributed by atoms with E-state index in [4.69, 9.17) is 0 Å². The van der Waals surface area contributed by atoms with Gasteiger partial charge >= 0.3 is 6.61 Å². The van der Waals surface area contributed by atoms with E-state index >= 15 is 0 Å². The third-order valence-corrected chi connectivity index (χ3v) is 2.90. The maximum Gasteiger partial charge on any atom is 0.387 e. The number of ether oxygens (including phenoxy) is 1. The molecule has 0 unspecified atom stereocenters. The summed E-state index contributed by atoms with van der Waals surface area (Å²) in [5, 5.41) is 4.20. The zero-order valence-corrected chi connectivity index (χ0v) is 11.6. The summed E-state index contributed by atoms with van der Waals surface area (Å²) in [6.45, 7) is -0.965. The monoisotopic (exact) mass is 292 g/mol. The normalized spacial score (nSPS) is 11.3. The lowest BCUT2D eigenvalue weighted by Crippen LogP contribution is -2.02. The highest BCUT2D eigenvalue weighted by Crippen LogP contribution is 2.15. The smallest absolute Gasteiger partial charge is 0.387 e. The number of halogens is 2. The van der Waals surface area contributed by atoms with Crippen molar-refractivity contribution in [1.82, 2.24) is 9.78 Å². The molecule has 0 saturated carbocycles. The Morgan fingerprint density at radius 3 is 2.52 bits per heavy atom. The van der Waals surface area contributed by atoms with Crippen molar-refractivity contribution < 1.29 is 18.3 Å². The zero-order valence-electron chi connectivity index (χ0n) is 11.6. The van der Waals surface area contributed by atoms with Gasteiger partial charge in [-0.3, -0.25) is 9.48 Å². The van der Waals surface area contributed by atoms with Crippen LogP contribution in [-0.2, 0) is 7.05 Å². The molecular formula is C15H14F2N2O2. The molecule has 0 aliphatic heterocycles. The standard InChI is InChI=1S/C15H14F2N2O2/c1-10-9-12(18-19(10)2)5-8-14(20)11-3-6-13(7-4-11)21-15(16)17/h3-9,15H,1-2H3/b8-5+. The predicted molar refractivity (Wildman–Crippen MR) is 74.4 cm³/mol. The Labute approximate surface area is 120 Å². The summed E-state index contributed by atoms with van der Waals surface area (Å²) in [4.78, 5) is 11.9. The highest BCUT2D eigenvalue weighted by molar-refractivity contribution is 6.06. The van der Waals surface area contributed by atoms with Gasteiger partial charge in [0.15, 0.2) is 5.78 Å². The average molecular weight is 292 g/mol. The van der Waals surface area contributed by atoms with Crippen molar-refractivity contribution >= 4 is 11.9 Å². The van der Waals surface area contributed by atoms with Gasteiger partial charge in [0, 0.05) is 18.3 Å². The molecule has 0 saturated heterocycles. The number of aryl methyl sites for hydroxylation is 2. The van der Waals surface area contributed by atoms with Gasteiger partial charge < -0.3 is 4.74 Å². The van der Waals surface area contributed by atoms with Gasteiger partial charge in [-0.2, -0.15) is 13.9 Å². The Hall–Kier alpha value is -2.50. The van der Waals surface area contributed by atoms with Crippen molar-refractivity contribution in [2.24, 2.45) is 7.05 Å².